The first-order valence-electron chi connectivity index (χ1n) is 8.14. The highest BCUT2D eigenvalue weighted by Crippen LogP contribution is 2.25. The fourth-order valence-electron chi connectivity index (χ4n) is 3.62. The van der Waals surface area contributed by atoms with Crippen molar-refractivity contribution < 1.29 is 14.1 Å². The van der Waals surface area contributed by atoms with Crippen molar-refractivity contribution in [1.29, 1.82) is 0 Å². The minimum absolute atomic E-state index is 0.139. The molecule has 0 aromatic heterocycles. The summed E-state index contributed by atoms with van der Waals surface area (Å²) in [6.07, 6.45) is 5.77. The van der Waals surface area contributed by atoms with Gasteiger partial charge in [-0.2, -0.15) is 0 Å². The second-order valence-electron chi connectivity index (χ2n) is 6.24. The number of rotatable bonds is 2. The molecule has 2 fully saturated rings. The summed E-state index contributed by atoms with van der Waals surface area (Å²) in [5.41, 5.74) is 0.738. The monoisotopic (exact) mass is 291 g/mol. The van der Waals surface area contributed by atoms with Gasteiger partial charge in [0.25, 0.3) is 0 Å². The van der Waals surface area contributed by atoms with Crippen molar-refractivity contribution in [3.8, 4) is 0 Å². The molecule has 0 unspecified atom stereocenters. The van der Waals surface area contributed by atoms with Crippen LogP contribution in [0, 0.1) is 11.7 Å². The summed E-state index contributed by atoms with van der Waals surface area (Å²) in [5, 5.41) is 0. The van der Waals surface area contributed by atoms with Gasteiger partial charge in [-0.15, -0.1) is 0 Å². The second kappa shape index (κ2) is 6.56. The number of carbonyl (C=O) groups is 1. The van der Waals surface area contributed by atoms with Crippen LogP contribution in [0.2, 0.25) is 0 Å². The Balaban J connectivity index is 1.57. The Morgan fingerprint density at radius 3 is 2.43 bits per heavy atom. The minimum Gasteiger partial charge on any atom is -0.331 e. The fourth-order valence-corrected chi connectivity index (χ4v) is 3.62. The van der Waals surface area contributed by atoms with E-state index in [0.717, 1.165) is 49.6 Å². The molecule has 2 aliphatic rings. The predicted molar refractivity (Wildman–Crippen MR) is 79.9 cm³/mol. The molecule has 0 radical (unpaired) electrons. The van der Waals surface area contributed by atoms with E-state index < -0.39 is 0 Å². The summed E-state index contributed by atoms with van der Waals surface area (Å²) in [5.74, 6) is 0.440. The summed E-state index contributed by atoms with van der Waals surface area (Å²) < 4.78 is 13.8. The highest BCUT2D eigenvalue weighted by atomic mass is 19.1. The van der Waals surface area contributed by atoms with E-state index in [0.29, 0.717) is 5.91 Å². The number of para-hydroxylation sites is 1. The number of amides is 1. The third kappa shape index (κ3) is 3.26. The number of nitrogens with zero attached hydrogens (tertiary/aromatic N) is 1. The molecule has 1 amide bonds. The van der Waals surface area contributed by atoms with Gasteiger partial charge in [0, 0.05) is 12.0 Å². The molecule has 1 N–H and O–H groups in total. The first kappa shape index (κ1) is 14.5. The van der Waals surface area contributed by atoms with Gasteiger partial charge in [0.05, 0.1) is 26.2 Å². The normalized spacial score (nSPS) is 21.5. The molecule has 0 bridgehead atoms. The lowest BCUT2D eigenvalue weighted by atomic mass is 9.88. The fraction of sp³-hybridized carbons (Fsp3) is 0.588. The van der Waals surface area contributed by atoms with Crippen LogP contribution < -0.4 is 4.90 Å². The molecule has 1 aliphatic carbocycles. The Hall–Kier alpha value is -1.42. The number of hydrogen-bond donors (Lipinski definition) is 1. The molecule has 4 heteroatoms. The Morgan fingerprint density at radius 2 is 1.76 bits per heavy atom. The van der Waals surface area contributed by atoms with Crippen molar-refractivity contribution in [2.45, 2.75) is 32.1 Å². The van der Waals surface area contributed by atoms with Gasteiger partial charge < -0.3 is 4.90 Å². The number of benzene rings is 1. The number of quaternary nitrogens is 1. The van der Waals surface area contributed by atoms with E-state index in [2.05, 4.69) is 0 Å². The van der Waals surface area contributed by atoms with Crippen LogP contribution in [0.25, 0.3) is 0 Å². The van der Waals surface area contributed by atoms with Gasteiger partial charge in [0.15, 0.2) is 11.5 Å². The molecule has 1 heterocycles. The molecular weight excluding hydrogens is 267 g/mol. The molecule has 21 heavy (non-hydrogen) atoms. The molecule has 1 aromatic carbocycles. The number of carbonyl (C=O) groups excluding carboxylic acids is 1. The largest absolute Gasteiger partial charge is 0.331 e. The highest BCUT2D eigenvalue weighted by Gasteiger charge is 2.31. The molecule has 1 aliphatic heterocycles. The van der Waals surface area contributed by atoms with Gasteiger partial charge in [0.2, 0.25) is 5.91 Å². The zero-order chi connectivity index (χ0) is 14.7. The second-order valence-corrected chi connectivity index (χ2v) is 6.24. The topological polar surface area (TPSA) is 24.8 Å². The lowest BCUT2D eigenvalue weighted by Gasteiger charge is -2.35. The van der Waals surface area contributed by atoms with Gasteiger partial charge in [0.1, 0.15) is 0 Å². The van der Waals surface area contributed by atoms with Crippen LogP contribution in [0.4, 0.5) is 10.1 Å². The molecule has 0 spiro atoms. The van der Waals surface area contributed by atoms with E-state index in [1.54, 1.807) is 6.07 Å². The Morgan fingerprint density at radius 1 is 1.10 bits per heavy atom. The van der Waals surface area contributed by atoms with E-state index in [1.165, 1.54) is 25.3 Å². The van der Waals surface area contributed by atoms with Crippen LogP contribution in [0.15, 0.2) is 24.3 Å². The average molecular weight is 291 g/mol. The van der Waals surface area contributed by atoms with Crippen LogP contribution in [0.1, 0.15) is 32.1 Å². The molecule has 1 aromatic rings. The van der Waals surface area contributed by atoms with Crippen molar-refractivity contribution in [1.82, 2.24) is 4.90 Å². The van der Waals surface area contributed by atoms with Crippen molar-refractivity contribution in [3.63, 3.8) is 0 Å². The van der Waals surface area contributed by atoms with Crippen molar-refractivity contribution in [2.75, 3.05) is 26.2 Å². The summed E-state index contributed by atoms with van der Waals surface area (Å²) >= 11 is 0. The van der Waals surface area contributed by atoms with Crippen LogP contribution in [0.3, 0.4) is 0 Å². The van der Waals surface area contributed by atoms with Crippen LogP contribution in [-0.4, -0.2) is 37.0 Å². The van der Waals surface area contributed by atoms with Crippen LogP contribution >= 0.6 is 0 Å². The Bertz CT molecular complexity index is 491. The maximum atomic E-state index is 13.8. The zero-order valence-electron chi connectivity index (χ0n) is 12.5. The highest BCUT2D eigenvalue weighted by molar-refractivity contribution is 5.79. The van der Waals surface area contributed by atoms with Crippen molar-refractivity contribution in [2.24, 2.45) is 5.92 Å². The first-order valence-corrected chi connectivity index (χ1v) is 8.14. The third-order valence-electron chi connectivity index (χ3n) is 4.89. The zero-order valence-corrected chi connectivity index (χ0v) is 12.5. The van der Waals surface area contributed by atoms with E-state index in [1.807, 2.05) is 17.0 Å². The molecule has 3 nitrogen and oxygen atoms in total. The molecule has 114 valence electrons. The molecular formula is C17H24FN2O+. The number of hydrogen-bond acceptors (Lipinski definition) is 1. The average Bonchev–Trinajstić information content (AvgIpc) is 2.56. The maximum Gasteiger partial charge on any atom is 0.226 e. The van der Waals surface area contributed by atoms with Crippen LogP contribution in [0.5, 0.6) is 0 Å². The van der Waals surface area contributed by atoms with Gasteiger partial charge in [-0.25, -0.2) is 4.39 Å². The van der Waals surface area contributed by atoms with Crippen molar-refractivity contribution >= 4 is 11.6 Å². The SMILES string of the molecule is O=C(C1CCCCC1)N1CC[NH+](c2ccccc2F)CC1. The molecule has 1 saturated heterocycles. The van der Waals surface area contributed by atoms with Crippen LogP contribution in [-0.2, 0) is 4.79 Å². The Kier molecular flexibility index (Phi) is 4.54. The summed E-state index contributed by atoms with van der Waals surface area (Å²) in [6, 6.07) is 6.97. The number of nitrogens with one attached hydrogen (secondary N) is 1. The molecule has 3 rings (SSSR count). The van der Waals surface area contributed by atoms with Gasteiger partial charge in [-0.3, -0.25) is 9.69 Å². The van der Waals surface area contributed by atoms with E-state index in [9.17, 15) is 9.18 Å². The van der Waals surface area contributed by atoms with Gasteiger partial charge in [-0.1, -0.05) is 31.4 Å². The number of halogens is 1. The van der Waals surface area contributed by atoms with Gasteiger partial charge in [-0.05, 0) is 18.9 Å². The summed E-state index contributed by atoms with van der Waals surface area (Å²) in [6.45, 7) is 3.11. The molecule has 1 saturated carbocycles. The lowest BCUT2D eigenvalue weighted by molar-refractivity contribution is -0.838. The molecule has 0 atom stereocenters. The van der Waals surface area contributed by atoms with Crippen molar-refractivity contribution in [3.05, 3.63) is 30.1 Å². The predicted octanol–water partition coefficient (Wildman–Crippen LogP) is 1.76. The van der Waals surface area contributed by atoms with Gasteiger partial charge >= 0.3 is 0 Å². The van der Waals surface area contributed by atoms with E-state index >= 15 is 0 Å². The Labute approximate surface area is 125 Å². The number of piperazine rings is 1. The minimum atomic E-state index is -0.139. The van der Waals surface area contributed by atoms with E-state index in [-0.39, 0.29) is 11.7 Å². The lowest BCUT2D eigenvalue weighted by Crippen LogP contribution is -3.10. The quantitative estimate of drug-likeness (QED) is 0.882. The first-order chi connectivity index (χ1) is 10.3. The van der Waals surface area contributed by atoms with E-state index in [4.69, 9.17) is 0 Å². The third-order valence-corrected chi connectivity index (χ3v) is 4.89. The summed E-state index contributed by atoms with van der Waals surface area (Å²) in [4.78, 5) is 15.7. The summed E-state index contributed by atoms with van der Waals surface area (Å²) in [7, 11) is 0. The maximum absolute atomic E-state index is 13.8. The smallest absolute Gasteiger partial charge is 0.226 e. The standard InChI is InChI=1S/C17H23FN2O/c18-15-8-4-5-9-16(15)19-10-12-20(13-11-19)17(21)14-6-2-1-3-7-14/h4-5,8-9,14H,1-3,6-7,10-13H2/p+1.